The number of ether oxygens (including phenoxy) is 1. The predicted molar refractivity (Wildman–Crippen MR) is 132 cm³/mol. The predicted octanol–water partition coefficient (Wildman–Crippen LogP) is 5.84. The first kappa shape index (κ1) is 26.9. The van der Waals surface area contributed by atoms with Gasteiger partial charge in [0.15, 0.2) is 0 Å². The minimum atomic E-state index is -0.355. The van der Waals surface area contributed by atoms with Crippen LogP contribution in [0.1, 0.15) is 37.6 Å². The lowest BCUT2D eigenvalue weighted by molar-refractivity contribution is 0.236. The summed E-state index contributed by atoms with van der Waals surface area (Å²) in [5, 5.41) is 13.7. The molecule has 0 aliphatic carbocycles. The van der Waals surface area contributed by atoms with Crippen LogP contribution in [0.25, 0.3) is 0 Å². The van der Waals surface area contributed by atoms with E-state index >= 15 is 0 Å². The third-order valence-corrected chi connectivity index (χ3v) is 4.31. The maximum Gasteiger partial charge on any atom is 0.205 e. The third kappa shape index (κ3) is 11.3. The van der Waals surface area contributed by atoms with Crippen LogP contribution in [0.4, 0.5) is 0 Å². The molecular formula is C26H31ClN2O3. The fourth-order valence-corrected chi connectivity index (χ4v) is 2.57. The number of nitrogens with zero attached hydrogens (tertiary/aromatic N) is 2. The molecule has 0 bridgehead atoms. The Morgan fingerprint density at radius 2 is 2.00 bits per heavy atom. The van der Waals surface area contributed by atoms with Gasteiger partial charge in [-0.25, -0.2) is 0 Å². The zero-order chi connectivity index (χ0) is 23.6. The van der Waals surface area contributed by atoms with Crippen LogP contribution in [-0.2, 0) is 18.0 Å². The molecular weight excluding hydrogens is 424 g/mol. The van der Waals surface area contributed by atoms with Crippen molar-refractivity contribution in [1.82, 2.24) is 9.78 Å². The summed E-state index contributed by atoms with van der Waals surface area (Å²) in [5.41, 5.74) is 1.06. The molecule has 0 radical (unpaired) electrons. The van der Waals surface area contributed by atoms with E-state index in [1.165, 1.54) is 11.6 Å². The number of aliphatic hydroxyl groups is 1. The molecule has 0 saturated heterocycles. The van der Waals surface area contributed by atoms with Crippen LogP contribution in [0.3, 0.4) is 0 Å². The van der Waals surface area contributed by atoms with E-state index in [4.69, 9.17) is 21.4 Å². The van der Waals surface area contributed by atoms with Gasteiger partial charge in [-0.3, -0.25) is 9.48 Å². The van der Waals surface area contributed by atoms with Crippen molar-refractivity contribution in [3.8, 4) is 0 Å². The normalized spacial score (nSPS) is 12.7. The van der Waals surface area contributed by atoms with E-state index in [1.54, 1.807) is 29.3 Å². The average Bonchev–Trinajstić information content (AvgIpc) is 2.81. The monoisotopic (exact) mass is 454 g/mol. The van der Waals surface area contributed by atoms with Gasteiger partial charge in [-0.2, -0.15) is 5.10 Å². The summed E-state index contributed by atoms with van der Waals surface area (Å²) in [7, 11) is 0. The third-order valence-electron chi connectivity index (χ3n) is 4.03. The number of hydrogen-bond acceptors (Lipinski definition) is 4. The average molecular weight is 455 g/mol. The molecule has 0 aliphatic heterocycles. The first-order chi connectivity index (χ1) is 15.5. The fraction of sp³-hybridized carbons (Fsp3) is 0.231. The molecule has 0 aliphatic rings. The summed E-state index contributed by atoms with van der Waals surface area (Å²) in [6, 6.07) is 11.4. The van der Waals surface area contributed by atoms with Gasteiger partial charge in [0.1, 0.15) is 12.3 Å². The topological polar surface area (TPSA) is 64.3 Å². The van der Waals surface area contributed by atoms with Crippen molar-refractivity contribution in [2.45, 2.75) is 39.5 Å². The minimum absolute atomic E-state index is 0.0464. The number of benzene rings is 1. The Morgan fingerprint density at radius 3 is 2.66 bits per heavy atom. The van der Waals surface area contributed by atoms with Gasteiger partial charge in [0.05, 0.1) is 18.9 Å². The maximum atomic E-state index is 11.3. The van der Waals surface area contributed by atoms with Crippen LogP contribution in [0.5, 0.6) is 0 Å². The van der Waals surface area contributed by atoms with Crippen molar-refractivity contribution in [3.63, 3.8) is 0 Å². The Morgan fingerprint density at radius 1 is 1.25 bits per heavy atom. The van der Waals surface area contributed by atoms with Crippen molar-refractivity contribution in [2.75, 3.05) is 0 Å². The Kier molecular flexibility index (Phi) is 13.9. The van der Waals surface area contributed by atoms with Crippen molar-refractivity contribution >= 4 is 11.6 Å². The van der Waals surface area contributed by atoms with E-state index in [2.05, 4.69) is 11.7 Å². The SMILES string of the molecule is C=C/C=C\C=C\OCc1ccccc1.CC/C=C(Cl)\C=C/C(C)n1ccc(=O)c(CO)n1. The molecule has 1 unspecified atom stereocenters. The largest absolute Gasteiger partial charge is 0.497 e. The molecule has 1 aromatic heterocycles. The van der Waals surface area contributed by atoms with E-state index in [1.807, 2.05) is 74.6 Å². The zero-order valence-corrected chi connectivity index (χ0v) is 19.4. The number of aromatic nitrogens is 2. The van der Waals surface area contributed by atoms with E-state index in [9.17, 15) is 4.79 Å². The van der Waals surface area contributed by atoms with Gasteiger partial charge in [0, 0.05) is 17.3 Å². The molecule has 0 fully saturated rings. The van der Waals surface area contributed by atoms with Crippen LogP contribution in [0, 0.1) is 0 Å². The molecule has 1 atom stereocenters. The first-order valence-corrected chi connectivity index (χ1v) is 10.7. The van der Waals surface area contributed by atoms with E-state index in [0.717, 1.165) is 6.42 Å². The van der Waals surface area contributed by atoms with Gasteiger partial charge in [0.2, 0.25) is 5.43 Å². The zero-order valence-electron chi connectivity index (χ0n) is 18.6. The van der Waals surface area contributed by atoms with Crippen LogP contribution in [0.2, 0.25) is 0 Å². The second-order valence-electron chi connectivity index (χ2n) is 6.61. The van der Waals surface area contributed by atoms with Gasteiger partial charge in [-0.1, -0.05) is 85.8 Å². The van der Waals surface area contributed by atoms with Gasteiger partial charge < -0.3 is 9.84 Å². The molecule has 5 nitrogen and oxygen atoms in total. The molecule has 0 saturated carbocycles. The van der Waals surface area contributed by atoms with E-state index in [-0.39, 0.29) is 23.8 Å². The maximum absolute atomic E-state index is 11.3. The van der Waals surface area contributed by atoms with Crippen LogP contribution in [-0.4, -0.2) is 14.9 Å². The lowest BCUT2D eigenvalue weighted by atomic mass is 10.2. The standard InChI is InChI=1S/C13H17ClN2O2.C13H14O/c1-3-4-11(14)6-5-10(2)16-8-7-13(18)12(9-17)15-16;1-2-3-4-8-11-14-12-13-9-6-5-7-10-13/h4-8,10,17H,3,9H2,1-2H3;2-11H,1,12H2/b6-5-,11-4+;4-3-,11-8+. The quantitative estimate of drug-likeness (QED) is 0.361. The molecule has 0 amide bonds. The van der Waals surface area contributed by atoms with E-state index < -0.39 is 0 Å². The number of hydrogen-bond donors (Lipinski definition) is 1. The highest BCUT2D eigenvalue weighted by atomic mass is 35.5. The molecule has 2 rings (SSSR count). The smallest absolute Gasteiger partial charge is 0.205 e. The first-order valence-electron chi connectivity index (χ1n) is 10.3. The van der Waals surface area contributed by atoms with Crippen molar-refractivity contribution in [1.29, 1.82) is 0 Å². The Hall–Kier alpha value is -3.15. The fourth-order valence-electron chi connectivity index (χ4n) is 2.34. The van der Waals surface area contributed by atoms with Gasteiger partial charge in [0.25, 0.3) is 0 Å². The van der Waals surface area contributed by atoms with Crippen molar-refractivity contribution in [2.24, 2.45) is 0 Å². The van der Waals surface area contributed by atoms with Crippen LogP contribution < -0.4 is 5.43 Å². The lowest BCUT2D eigenvalue weighted by Crippen LogP contribution is -2.18. The molecule has 1 heterocycles. The summed E-state index contributed by atoms with van der Waals surface area (Å²) in [6.07, 6.45) is 17.0. The summed E-state index contributed by atoms with van der Waals surface area (Å²) < 4.78 is 6.91. The summed E-state index contributed by atoms with van der Waals surface area (Å²) in [4.78, 5) is 11.3. The molecule has 2 aromatic rings. The van der Waals surface area contributed by atoms with Crippen LogP contribution in [0.15, 0.2) is 108 Å². The van der Waals surface area contributed by atoms with Crippen molar-refractivity contribution < 1.29 is 9.84 Å². The van der Waals surface area contributed by atoms with Gasteiger partial charge in [-0.15, -0.1) is 0 Å². The number of allylic oxidation sites excluding steroid dienone is 8. The molecule has 0 spiro atoms. The molecule has 1 N–H and O–H groups in total. The summed E-state index contributed by atoms with van der Waals surface area (Å²) in [6.45, 7) is 7.75. The number of rotatable bonds is 10. The summed E-state index contributed by atoms with van der Waals surface area (Å²) in [5.74, 6) is 0. The molecule has 32 heavy (non-hydrogen) atoms. The number of aliphatic hydroxyl groups excluding tert-OH is 1. The second kappa shape index (κ2) is 16.5. The highest BCUT2D eigenvalue weighted by Crippen LogP contribution is 2.10. The second-order valence-corrected chi connectivity index (χ2v) is 7.04. The molecule has 1 aromatic carbocycles. The molecule has 6 heteroatoms. The Balaban J connectivity index is 0.000000330. The van der Waals surface area contributed by atoms with E-state index in [0.29, 0.717) is 11.6 Å². The van der Waals surface area contributed by atoms with Gasteiger partial charge in [-0.05, 0) is 31.1 Å². The molecule has 170 valence electrons. The minimum Gasteiger partial charge on any atom is -0.497 e. The Bertz CT molecular complexity index is 976. The highest BCUT2D eigenvalue weighted by Gasteiger charge is 2.04. The van der Waals surface area contributed by atoms with Crippen LogP contribution >= 0.6 is 11.6 Å². The van der Waals surface area contributed by atoms with Gasteiger partial charge >= 0.3 is 0 Å². The highest BCUT2D eigenvalue weighted by molar-refractivity contribution is 6.31. The lowest BCUT2D eigenvalue weighted by Gasteiger charge is -2.10. The Labute approximate surface area is 195 Å². The van der Waals surface area contributed by atoms with Crippen molar-refractivity contribution in [3.05, 3.63) is 124 Å². The number of halogens is 1. The summed E-state index contributed by atoms with van der Waals surface area (Å²) >= 11 is 5.95.